The van der Waals surface area contributed by atoms with Crippen molar-refractivity contribution in [2.45, 2.75) is 16.7 Å². The number of rotatable bonds is 4. The van der Waals surface area contributed by atoms with E-state index in [4.69, 9.17) is 10.2 Å². The number of aromatic nitrogens is 2. The van der Waals surface area contributed by atoms with E-state index in [1.54, 1.807) is 29.7 Å². The van der Waals surface area contributed by atoms with Gasteiger partial charge in [-0.05, 0) is 36.3 Å². The largest absolute Gasteiger partial charge is 0.436 e. The Morgan fingerprint density at radius 3 is 2.90 bits per heavy atom. The summed E-state index contributed by atoms with van der Waals surface area (Å²) in [6.45, 7) is 2.10. The third-order valence-corrected chi connectivity index (χ3v) is 4.72. The second-order valence-electron chi connectivity index (χ2n) is 4.36. The normalized spacial score (nSPS) is 11.1. The molecule has 0 saturated carbocycles. The summed E-state index contributed by atoms with van der Waals surface area (Å²) in [6, 6.07) is 7.93. The highest BCUT2D eigenvalue weighted by molar-refractivity contribution is 7.99. The summed E-state index contributed by atoms with van der Waals surface area (Å²) < 4.78 is 5.87. The Bertz CT molecular complexity index is 786. The van der Waals surface area contributed by atoms with Gasteiger partial charge in [-0.2, -0.15) is 0 Å². The predicted octanol–water partition coefficient (Wildman–Crippen LogP) is 4.31. The number of fused-ring (bicyclic) bond motifs is 1. The van der Waals surface area contributed by atoms with Crippen LogP contribution in [0.1, 0.15) is 6.92 Å². The lowest BCUT2D eigenvalue weighted by Crippen LogP contribution is -1.96. The Balaban J connectivity index is 2.16. The minimum absolute atomic E-state index is 0.449. The monoisotopic (exact) mass is 317 g/mol. The van der Waals surface area contributed by atoms with Crippen LogP contribution in [0, 0.1) is 0 Å². The maximum absolute atomic E-state index is 6.03. The summed E-state index contributed by atoms with van der Waals surface area (Å²) in [5.74, 6) is 1.93. The molecule has 21 heavy (non-hydrogen) atoms. The molecule has 0 bridgehead atoms. The fourth-order valence-electron chi connectivity index (χ4n) is 2.09. The van der Waals surface area contributed by atoms with E-state index < -0.39 is 0 Å². The van der Waals surface area contributed by atoms with E-state index in [-0.39, 0.29) is 0 Å². The molecule has 2 heterocycles. The van der Waals surface area contributed by atoms with Gasteiger partial charge in [0.25, 0.3) is 0 Å². The summed E-state index contributed by atoms with van der Waals surface area (Å²) >= 11 is 3.38. The maximum atomic E-state index is 6.03. The number of nitrogen functional groups attached to an aromatic ring is 1. The Kier molecular flexibility index (Phi) is 4.07. The van der Waals surface area contributed by atoms with Crippen LogP contribution in [0.3, 0.4) is 0 Å². The first kappa shape index (κ1) is 14.3. The lowest BCUT2D eigenvalue weighted by atomic mass is 10.2. The van der Waals surface area contributed by atoms with E-state index >= 15 is 0 Å². The van der Waals surface area contributed by atoms with Gasteiger partial charge in [-0.3, -0.25) is 0 Å². The van der Waals surface area contributed by atoms with Crippen LogP contribution < -0.4 is 5.73 Å². The molecule has 1 aromatic carbocycles. The zero-order valence-electron chi connectivity index (χ0n) is 11.8. The highest BCUT2D eigenvalue weighted by Gasteiger charge is 2.16. The molecule has 0 radical (unpaired) electrons. The van der Waals surface area contributed by atoms with E-state index in [1.807, 2.05) is 30.5 Å². The standard InChI is InChI=1S/C15H15N3OS2/c1-3-21-12-6-7-17-14(16)13(12)15-18-10-8-9(20-2)4-5-11(10)19-15/h4-8H,3H2,1-2H3,(H2,16,17). The van der Waals surface area contributed by atoms with E-state index in [0.29, 0.717) is 11.7 Å². The van der Waals surface area contributed by atoms with Crippen molar-refractivity contribution in [3.05, 3.63) is 30.5 Å². The summed E-state index contributed by atoms with van der Waals surface area (Å²) in [5, 5.41) is 0. The molecule has 3 aromatic rings. The molecule has 0 saturated heterocycles. The zero-order chi connectivity index (χ0) is 14.8. The smallest absolute Gasteiger partial charge is 0.232 e. The number of benzene rings is 1. The second kappa shape index (κ2) is 5.99. The van der Waals surface area contributed by atoms with Crippen LogP contribution in [0.4, 0.5) is 5.82 Å². The van der Waals surface area contributed by atoms with Gasteiger partial charge in [0.1, 0.15) is 11.3 Å². The second-order valence-corrected chi connectivity index (χ2v) is 6.54. The van der Waals surface area contributed by atoms with Gasteiger partial charge >= 0.3 is 0 Å². The molecule has 2 N–H and O–H groups in total. The Morgan fingerprint density at radius 2 is 2.14 bits per heavy atom. The van der Waals surface area contributed by atoms with Gasteiger partial charge in [0.15, 0.2) is 5.58 Å². The quantitative estimate of drug-likeness (QED) is 0.724. The summed E-state index contributed by atoms with van der Waals surface area (Å²) in [4.78, 5) is 10.9. The van der Waals surface area contributed by atoms with Crippen molar-refractivity contribution in [1.82, 2.24) is 9.97 Å². The lowest BCUT2D eigenvalue weighted by Gasteiger charge is -2.06. The zero-order valence-corrected chi connectivity index (χ0v) is 13.4. The van der Waals surface area contributed by atoms with Gasteiger partial charge < -0.3 is 10.2 Å². The predicted molar refractivity (Wildman–Crippen MR) is 89.8 cm³/mol. The van der Waals surface area contributed by atoms with Crippen LogP contribution in [0.2, 0.25) is 0 Å². The van der Waals surface area contributed by atoms with Crippen LogP contribution in [-0.4, -0.2) is 22.0 Å². The van der Waals surface area contributed by atoms with Gasteiger partial charge in [0.05, 0.1) is 5.56 Å². The minimum Gasteiger partial charge on any atom is -0.436 e. The molecule has 0 amide bonds. The highest BCUT2D eigenvalue weighted by Crippen LogP contribution is 2.36. The molecule has 0 unspecified atom stereocenters. The molecule has 6 heteroatoms. The minimum atomic E-state index is 0.449. The molecule has 0 atom stereocenters. The molecule has 108 valence electrons. The van der Waals surface area contributed by atoms with Gasteiger partial charge in [0, 0.05) is 16.0 Å². The van der Waals surface area contributed by atoms with Crippen LogP contribution in [0.5, 0.6) is 0 Å². The number of nitrogens with zero attached hydrogens (tertiary/aromatic N) is 2. The number of thioether (sulfide) groups is 2. The molecular formula is C15H15N3OS2. The van der Waals surface area contributed by atoms with Gasteiger partial charge in [-0.1, -0.05) is 6.92 Å². The highest BCUT2D eigenvalue weighted by atomic mass is 32.2. The molecule has 4 nitrogen and oxygen atoms in total. The van der Waals surface area contributed by atoms with Crippen LogP contribution >= 0.6 is 23.5 Å². The molecule has 0 fully saturated rings. The van der Waals surface area contributed by atoms with Gasteiger partial charge in [-0.25, -0.2) is 9.97 Å². The van der Waals surface area contributed by atoms with Gasteiger partial charge in [0.2, 0.25) is 5.89 Å². The summed E-state index contributed by atoms with van der Waals surface area (Å²) in [6.07, 6.45) is 3.75. The first-order valence-corrected chi connectivity index (χ1v) is 8.76. The lowest BCUT2D eigenvalue weighted by molar-refractivity contribution is 0.618. The van der Waals surface area contributed by atoms with Crippen LogP contribution in [0.15, 0.2) is 44.7 Å². The van der Waals surface area contributed by atoms with Gasteiger partial charge in [-0.15, -0.1) is 23.5 Å². The maximum Gasteiger partial charge on any atom is 0.232 e. The Morgan fingerprint density at radius 1 is 1.29 bits per heavy atom. The van der Waals surface area contributed by atoms with Crippen molar-refractivity contribution in [3.8, 4) is 11.5 Å². The average molecular weight is 317 g/mol. The number of hydrogen-bond donors (Lipinski definition) is 1. The number of oxazole rings is 1. The van der Waals surface area contributed by atoms with E-state index in [2.05, 4.69) is 16.9 Å². The van der Waals surface area contributed by atoms with Crippen LogP contribution in [0.25, 0.3) is 22.6 Å². The van der Waals surface area contributed by atoms with E-state index in [0.717, 1.165) is 32.2 Å². The van der Waals surface area contributed by atoms with Crippen molar-refractivity contribution in [2.75, 3.05) is 17.7 Å². The Hall–Kier alpha value is -1.66. The molecule has 2 aromatic heterocycles. The number of pyridine rings is 1. The third kappa shape index (κ3) is 2.73. The Labute approximate surface area is 131 Å². The summed E-state index contributed by atoms with van der Waals surface area (Å²) in [7, 11) is 0. The molecular weight excluding hydrogens is 302 g/mol. The number of nitrogens with two attached hydrogens (primary N) is 1. The topological polar surface area (TPSA) is 64.9 Å². The van der Waals surface area contributed by atoms with Crippen molar-refractivity contribution in [2.24, 2.45) is 0 Å². The van der Waals surface area contributed by atoms with E-state index in [1.165, 1.54) is 0 Å². The molecule has 0 spiro atoms. The third-order valence-electron chi connectivity index (χ3n) is 3.05. The fourth-order valence-corrected chi connectivity index (χ4v) is 3.33. The number of anilines is 1. The number of hydrogen-bond acceptors (Lipinski definition) is 6. The van der Waals surface area contributed by atoms with Crippen molar-refractivity contribution >= 4 is 40.4 Å². The van der Waals surface area contributed by atoms with Crippen molar-refractivity contribution < 1.29 is 4.42 Å². The molecule has 3 rings (SSSR count). The average Bonchev–Trinajstić information content (AvgIpc) is 2.89. The molecule has 0 aliphatic rings. The van der Waals surface area contributed by atoms with Crippen molar-refractivity contribution in [1.29, 1.82) is 0 Å². The van der Waals surface area contributed by atoms with E-state index in [9.17, 15) is 0 Å². The fraction of sp³-hybridized carbons (Fsp3) is 0.200. The van der Waals surface area contributed by atoms with Crippen molar-refractivity contribution in [3.63, 3.8) is 0 Å². The molecule has 0 aliphatic carbocycles. The summed E-state index contributed by atoms with van der Waals surface area (Å²) in [5.41, 5.74) is 8.42. The first-order chi connectivity index (χ1) is 10.2. The van der Waals surface area contributed by atoms with Crippen LogP contribution in [-0.2, 0) is 0 Å². The first-order valence-electron chi connectivity index (χ1n) is 6.55. The SMILES string of the molecule is CCSc1ccnc(N)c1-c1nc2cc(SC)ccc2o1. The molecule has 0 aliphatic heterocycles.